The fraction of sp³-hybridized carbons (Fsp3) is 0.417. The van der Waals surface area contributed by atoms with Gasteiger partial charge in [-0.1, -0.05) is 11.2 Å². The number of thioether (sulfide) groups is 1. The highest BCUT2D eigenvalue weighted by atomic mass is 32.2. The first kappa shape index (κ1) is 11.7. The summed E-state index contributed by atoms with van der Waals surface area (Å²) in [6.45, 7) is 2.92. The Hall–Kier alpha value is -1.40. The van der Waals surface area contributed by atoms with E-state index in [4.69, 9.17) is 4.52 Å². The summed E-state index contributed by atoms with van der Waals surface area (Å²) in [6.07, 6.45) is 1.73. The molecular formula is C12H14N4OS. The highest BCUT2D eigenvalue weighted by Crippen LogP contribution is 2.15. The third-order valence-electron chi connectivity index (χ3n) is 2.82. The highest BCUT2D eigenvalue weighted by Gasteiger charge is 2.15. The number of hydrogen-bond donors (Lipinski definition) is 0. The van der Waals surface area contributed by atoms with Crippen LogP contribution in [0, 0.1) is 0 Å². The molecule has 0 aliphatic carbocycles. The van der Waals surface area contributed by atoms with Crippen LogP contribution in [0.5, 0.6) is 0 Å². The van der Waals surface area contributed by atoms with Crippen molar-refractivity contribution < 1.29 is 4.52 Å². The lowest BCUT2D eigenvalue weighted by Crippen LogP contribution is -2.32. The van der Waals surface area contributed by atoms with E-state index >= 15 is 0 Å². The van der Waals surface area contributed by atoms with Gasteiger partial charge in [0.2, 0.25) is 11.7 Å². The lowest BCUT2D eigenvalue weighted by molar-refractivity contribution is 0.245. The van der Waals surface area contributed by atoms with E-state index in [1.54, 1.807) is 6.20 Å². The Balaban J connectivity index is 1.69. The van der Waals surface area contributed by atoms with Crippen LogP contribution in [0.1, 0.15) is 5.89 Å². The molecule has 18 heavy (non-hydrogen) atoms. The van der Waals surface area contributed by atoms with Gasteiger partial charge in [0.25, 0.3) is 0 Å². The van der Waals surface area contributed by atoms with Gasteiger partial charge < -0.3 is 4.52 Å². The van der Waals surface area contributed by atoms with Crippen molar-refractivity contribution in [2.24, 2.45) is 0 Å². The molecule has 0 atom stereocenters. The predicted octanol–water partition coefficient (Wildman–Crippen LogP) is 1.68. The molecule has 0 radical (unpaired) electrons. The Morgan fingerprint density at radius 2 is 2.17 bits per heavy atom. The average molecular weight is 262 g/mol. The zero-order valence-corrected chi connectivity index (χ0v) is 10.8. The van der Waals surface area contributed by atoms with Crippen LogP contribution in [0.2, 0.25) is 0 Å². The standard InChI is InChI=1S/C12H14N4OS/c1-2-4-13-10(3-1)12-14-11(17-15-12)9-16-5-7-18-8-6-16/h1-4H,5-9H2. The fourth-order valence-corrected chi connectivity index (χ4v) is 2.85. The molecular weight excluding hydrogens is 248 g/mol. The number of rotatable bonds is 3. The van der Waals surface area contributed by atoms with E-state index in [-0.39, 0.29) is 0 Å². The molecule has 6 heteroatoms. The van der Waals surface area contributed by atoms with Crippen LogP contribution >= 0.6 is 11.8 Å². The predicted molar refractivity (Wildman–Crippen MR) is 70.1 cm³/mol. The highest BCUT2D eigenvalue weighted by molar-refractivity contribution is 7.99. The van der Waals surface area contributed by atoms with Crippen LogP contribution in [0.4, 0.5) is 0 Å². The number of pyridine rings is 1. The summed E-state index contributed by atoms with van der Waals surface area (Å²) in [5, 5.41) is 3.97. The number of nitrogens with zero attached hydrogens (tertiary/aromatic N) is 4. The lowest BCUT2D eigenvalue weighted by Gasteiger charge is -2.24. The van der Waals surface area contributed by atoms with Crippen LogP contribution in [0.3, 0.4) is 0 Å². The van der Waals surface area contributed by atoms with Gasteiger partial charge in [-0.3, -0.25) is 9.88 Å². The summed E-state index contributed by atoms with van der Waals surface area (Å²) in [7, 11) is 0. The Morgan fingerprint density at radius 3 is 2.94 bits per heavy atom. The van der Waals surface area contributed by atoms with Crippen molar-refractivity contribution in [3.05, 3.63) is 30.3 Å². The summed E-state index contributed by atoms with van der Waals surface area (Å²) in [4.78, 5) is 10.9. The molecule has 1 fully saturated rings. The molecule has 5 nitrogen and oxygen atoms in total. The third kappa shape index (κ3) is 2.70. The Morgan fingerprint density at radius 1 is 1.28 bits per heavy atom. The largest absolute Gasteiger partial charge is 0.337 e. The molecule has 0 spiro atoms. The molecule has 3 heterocycles. The van der Waals surface area contributed by atoms with Gasteiger partial charge in [0.1, 0.15) is 5.69 Å². The SMILES string of the molecule is c1ccc(-c2noc(CN3CCSCC3)n2)nc1. The smallest absolute Gasteiger partial charge is 0.241 e. The van der Waals surface area contributed by atoms with Crippen LogP contribution in [0.25, 0.3) is 11.5 Å². The first-order chi connectivity index (χ1) is 8.92. The lowest BCUT2D eigenvalue weighted by atomic mass is 10.3. The molecule has 0 saturated carbocycles. The van der Waals surface area contributed by atoms with Crippen LogP contribution in [-0.4, -0.2) is 44.6 Å². The fourth-order valence-electron chi connectivity index (χ4n) is 1.87. The maximum atomic E-state index is 5.27. The van der Waals surface area contributed by atoms with E-state index in [0.29, 0.717) is 11.7 Å². The van der Waals surface area contributed by atoms with Gasteiger partial charge in [-0.05, 0) is 12.1 Å². The first-order valence-corrected chi connectivity index (χ1v) is 7.11. The molecule has 0 N–H and O–H groups in total. The second-order valence-corrected chi connectivity index (χ2v) is 5.34. The van der Waals surface area contributed by atoms with Crippen molar-refractivity contribution in [2.45, 2.75) is 6.54 Å². The van der Waals surface area contributed by atoms with E-state index in [0.717, 1.165) is 25.3 Å². The molecule has 0 bridgehead atoms. The van der Waals surface area contributed by atoms with E-state index in [9.17, 15) is 0 Å². The monoisotopic (exact) mass is 262 g/mol. The minimum atomic E-state index is 0.567. The minimum absolute atomic E-state index is 0.567. The molecule has 1 saturated heterocycles. The van der Waals surface area contributed by atoms with Gasteiger partial charge in [0, 0.05) is 30.8 Å². The minimum Gasteiger partial charge on any atom is -0.337 e. The van der Waals surface area contributed by atoms with Gasteiger partial charge >= 0.3 is 0 Å². The Bertz CT molecular complexity index is 496. The van der Waals surface area contributed by atoms with E-state index in [1.807, 2.05) is 30.0 Å². The van der Waals surface area contributed by atoms with Crippen molar-refractivity contribution in [3.63, 3.8) is 0 Å². The summed E-state index contributed by atoms with van der Waals surface area (Å²) < 4.78 is 5.27. The number of hydrogen-bond acceptors (Lipinski definition) is 6. The quantitative estimate of drug-likeness (QED) is 0.839. The van der Waals surface area contributed by atoms with Crippen LogP contribution in [-0.2, 0) is 6.54 Å². The number of aromatic nitrogens is 3. The summed E-state index contributed by atoms with van der Waals surface area (Å²) in [6, 6.07) is 5.67. The second-order valence-electron chi connectivity index (χ2n) is 4.12. The third-order valence-corrected chi connectivity index (χ3v) is 3.77. The molecule has 2 aromatic rings. The molecule has 1 aliphatic heterocycles. The molecule has 0 aromatic carbocycles. The van der Waals surface area contributed by atoms with E-state index < -0.39 is 0 Å². The first-order valence-electron chi connectivity index (χ1n) is 5.96. The second kappa shape index (κ2) is 5.49. The Labute approximate surface area is 110 Å². The zero-order chi connectivity index (χ0) is 12.2. The molecule has 94 valence electrons. The molecule has 0 unspecified atom stereocenters. The van der Waals surface area contributed by atoms with E-state index in [2.05, 4.69) is 20.0 Å². The summed E-state index contributed by atoms with van der Waals surface area (Å²) in [5.74, 6) is 3.60. The maximum absolute atomic E-state index is 5.27. The molecule has 3 rings (SSSR count). The van der Waals surface area contributed by atoms with Crippen molar-refractivity contribution in [2.75, 3.05) is 24.6 Å². The van der Waals surface area contributed by atoms with Crippen molar-refractivity contribution >= 4 is 11.8 Å². The van der Waals surface area contributed by atoms with Gasteiger partial charge in [0.05, 0.1) is 6.54 Å². The van der Waals surface area contributed by atoms with Crippen molar-refractivity contribution in [1.29, 1.82) is 0 Å². The Kier molecular flexibility index (Phi) is 3.56. The van der Waals surface area contributed by atoms with E-state index in [1.165, 1.54) is 11.5 Å². The van der Waals surface area contributed by atoms with Crippen molar-refractivity contribution in [3.8, 4) is 11.5 Å². The molecule has 0 amide bonds. The van der Waals surface area contributed by atoms with Crippen molar-refractivity contribution in [1.82, 2.24) is 20.0 Å². The summed E-state index contributed by atoms with van der Waals surface area (Å²) >= 11 is 1.99. The molecule has 1 aliphatic rings. The van der Waals surface area contributed by atoms with Crippen LogP contribution < -0.4 is 0 Å². The van der Waals surface area contributed by atoms with Gasteiger partial charge in [-0.2, -0.15) is 16.7 Å². The van der Waals surface area contributed by atoms with Crippen LogP contribution in [0.15, 0.2) is 28.9 Å². The topological polar surface area (TPSA) is 55.1 Å². The zero-order valence-electron chi connectivity index (χ0n) is 9.95. The van der Waals surface area contributed by atoms with Gasteiger partial charge in [-0.15, -0.1) is 0 Å². The van der Waals surface area contributed by atoms with Gasteiger partial charge in [-0.25, -0.2) is 0 Å². The van der Waals surface area contributed by atoms with Gasteiger partial charge in [0.15, 0.2) is 0 Å². The average Bonchev–Trinajstić information content (AvgIpc) is 2.89. The maximum Gasteiger partial charge on any atom is 0.241 e. The molecule has 2 aromatic heterocycles. The summed E-state index contributed by atoms with van der Waals surface area (Å²) in [5.41, 5.74) is 0.752. The normalized spacial score (nSPS) is 16.9.